The van der Waals surface area contributed by atoms with Crippen molar-refractivity contribution in [3.05, 3.63) is 77.9 Å². The van der Waals surface area contributed by atoms with Gasteiger partial charge >= 0.3 is 11.9 Å². The summed E-state index contributed by atoms with van der Waals surface area (Å²) in [5, 5.41) is 0. The first kappa shape index (κ1) is 27.9. The summed E-state index contributed by atoms with van der Waals surface area (Å²) in [5.74, 6) is 1.51. The molecule has 0 aromatic heterocycles. The van der Waals surface area contributed by atoms with Gasteiger partial charge in [-0.1, -0.05) is 74.9 Å². The lowest BCUT2D eigenvalue weighted by molar-refractivity contribution is -0.156. The molecule has 1 saturated carbocycles. The van der Waals surface area contributed by atoms with Gasteiger partial charge in [0.25, 0.3) is 0 Å². The molecule has 0 amide bonds. The average molecular weight is 519 g/mol. The molecule has 5 nitrogen and oxygen atoms in total. The van der Waals surface area contributed by atoms with Crippen molar-refractivity contribution in [2.45, 2.75) is 65.2 Å². The minimum atomic E-state index is -0.684. The number of carbonyl (C=O) groups is 2. The lowest BCUT2D eigenvalue weighted by atomic mass is 9.61. The van der Waals surface area contributed by atoms with E-state index in [1.807, 2.05) is 32.0 Å². The maximum atomic E-state index is 12.8. The highest BCUT2D eigenvalue weighted by molar-refractivity contribution is 5.76. The second kappa shape index (κ2) is 11.8. The Kier molecular flexibility index (Phi) is 8.64. The van der Waals surface area contributed by atoms with E-state index in [9.17, 15) is 9.59 Å². The van der Waals surface area contributed by atoms with Crippen molar-refractivity contribution in [2.24, 2.45) is 29.1 Å². The summed E-state index contributed by atoms with van der Waals surface area (Å²) < 4.78 is 16.5. The molecular formula is C33H42O5. The summed E-state index contributed by atoms with van der Waals surface area (Å²) in [5.41, 5.74) is 1.23. The Morgan fingerprint density at radius 2 is 1.66 bits per heavy atom. The molecule has 2 aliphatic carbocycles. The fourth-order valence-electron chi connectivity index (χ4n) is 6.46. The van der Waals surface area contributed by atoms with Crippen molar-refractivity contribution in [3.8, 4) is 5.75 Å². The van der Waals surface area contributed by atoms with E-state index >= 15 is 0 Å². The summed E-state index contributed by atoms with van der Waals surface area (Å²) >= 11 is 0. The Morgan fingerprint density at radius 1 is 0.974 bits per heavy atom. The molecule has 2 bridgehead atoms. The number of fused-ring (bicyclic) bond motifs is 2. The number of hydrogen-bond donors (Lipinski definition) is 0. The molecule has 0 saturated heterocycles. The highest BCUT2D eigenvalue weighted by Crippen LogP contribution is 2.48. The van der Waals surface area contributed by atoms with Crippen LogP contribution in [0.5, 0.6) is 5.75 Å². The first-order valence-electron chi connectivity index (χ1n) is 13.9. The third-order valence-electron chi connectivity index (χ3n) is 8.62. The Balaban J connectivity index is 1.55. The molecule has 2 aliphatic rings. The predicted molar refractivity (Wildman–Crippen MR) is 149 cm³/mol. The van der Waals surface area contributed by atoms with Gasteiger partial charge in [0.15, 0.2) is 0 Å². The van der Waals surface area contributed by atoms with Crippen LogP contribution in [0.2, 0.25) is 0 Å². The SMILES string of the molecule is CCC(C)CC(CC(C)(C)C(=O)OC)(c1ccccc1)c1ccc(OCOC(=O)[C@@H]2CC3C=CC2C3)cc1. The Morgan fingerprint density at radius 3 is 2.24 bits per heavy atom. The zero-order valence-electron chi connectivity index (χ0n) is 23.4. The number of rotatable bonds is 12. The number of benzene rings is 2. The predicted octanol–water partition coefficient (Wildman–Crippen LogP) is 7.09. The third-order valence-corrected chi connectivity index (χ3v) is 8.62. The summed E-state index contributed by atoms with van der Waals surface area (Å²) in [4.78, 5) is 25.3. The summed E-state index contributed by atoms with van der Waals surface area (Å²) in [6.07, 6.45) is 8.86. The molecular weight excluding hydrogens is 476 g/mol. The van der Waals surface area contributed by atoms with Crippen molar-refractivity contribution < 1.29 is 23.8 Å². The van der Waals surface area contributed by atoms with Gasteiger partial charge in [-0.3, -0.25) is 9.59 Å². The minimum Gasteiger partial charge on any atom is -0.469 e. The smallest absolute Gasteiger partial charge is 0.312 e. The Hall–Kier alpha value is -3.08. The molecule has 0 heterocycles. The lowest BCUT2D eigenvalue weighted by Crippen LogP contribution is -2.39. The number of ether oxygens (including phenoxy) is 3. The molecule has 4 rings (SSSR count). The Bertz CT molecular complexity index is 1120. The van der Waals surface area contributed by atoms with Crippen LogP contribution in [0, 0.1) is 29.1 Å². The van der Waals surface area contributed by atoms with E-state index in [0.717, 1.165) is 31.2 Å². The largest absolute Gasteiger partial charge is 0.469 e. The second-order valence-corrected chi connectivity index (χ2v) is 11.9. The van der Waals surface area contributed by atoms with Crippen LogP contribution in [0.15, 0.2) is 66.7 Å². The molecule has 2 aromatic carbocycles. The van der Waals surface area contributed by atoms with Crippen LogP contribution in [0.25, 0.3) is 0 Å². The van der Waals surface area contributed by atoms with Crippen molar-refractivity contribution in [3.63, 3.8) is 0 Å². The number of esters is 2. The van der Waals surface area contributed by atoms with E-state index in [1.54, 1.807) is 0 Å². The first-order chi connectivity index (χ1) is 18.2. The zero-order chi connectivity index (χ0) is 27.3. The van der Waals surface area contributed by atoms with Gasteiger partial charge in [-0.2, -0.15) is 0 Å². The average Bonchev–Trinajstić information content (AvgIpc) is 3.57. The normalized spacial score (nSPS) is 22.5. The first-order valence-corrected chi connectivity index (χ1v) is 13.9. The quantitative estimate of drug-likeness (QED) is 0.171. The van der Waals surface area contributed by atoms with Gasteiger partial charge in [-0.25, -0.2) is 0 Å². The van der Waals surface area contributed by atoms with Crippen LogP contribution in [0.3, 0.4) is 0 Å². The van der Waals surface area contributed by atoms with Gasteiger partial charge in [0.1, 0.15) is 5.75 Å². The van der Waals surface area contributed by atoms with Gasteiger partial charge < -0.3 is 14.2 Å². The fraction of sp³-hybridized carbons (Fsp3) is 0.515. The second-order valence-electron chi connectivity index (χ2n) is 11.9. The fourth-order valence-corrected chi connectivity index (χ4v) is 6.46. The van der Waals surface area contributed by atoms with Gasteiger partial charge in [-0.15, -0.1) is 0 Å². The van der Waals surface area contributed by atoms with Crippen molar-refractivity contribution in [1.82, 2.24) is 0 Å². The maximum absolute atomic E-state index is 12.8. The molecule has 0 aliphatic heterocycles. The van der Waals surface area contributed by atoms with Crippen molar-refractivity contribution in [2.75, 3.05) is 13.9 Å². The number of allylic oxidation sites excluding steroid dienone is 2. The highest BCUT2D eigenvalue weighted by Gasteiger charge is 2.44. The van der Waals surface area contributed by atoms with E-state index in [1.165, 1.54) is 12.7 Å². The van der Waals surface area contributed by atoms with Gasteiger partial charge in [0.2, 0.25) is 6.79 Å². The molecule has 5 heteroatoms. The van der Waals surface area contributed by atoms with Crippen LogP contribution in [-0.2, 0) is 24.5 Å². The topological polar surface area (TPSA) is 61.8 Å². The Labute approximate surface area is 227 Å². The van der Waals surface area contributed by atoms with E-state index in [4.69, 9.17) is 14.2 Å². The number of carbonyl (C=O) groups excluding carboxylic acids is 2. The molecule has 204 valence electrons. The van der Waals surface area contributed by atoms with Crippen LogP contribution in [0.4, 0.5) is 0 Å². The molecule has 1 fully saturated rings. The molecule has 5 atom stereocenters. The molecule has 2 aromatic rings. The molecule has 0 N–H and O–H groups in total. The highest BCUT2D eigenvalue weighted by atomic mass is 16.7. The lowest BCUT2D eigenvalue weighted by Gasteiger charge is -2.42. The standard InChI is InChI=1S/C33H42O5/c1-6-23(2)20-33(26-10-8-7-9-11-26,21-32(3,4)31(35)36-5)27-14-16-28(17-15-27)37-22-38-30(34)29-19-24-12-13-25(29)18-24/h7-17,23-25,29H,6,18-22H2,1-5H3/t23?,24?,25?,29-,33?/m1/s1. The summed E-state index contributed by atoms with van der Waals surface area (Å²) in [6, 6.07) is 18.5. The van der Waals surface area contributed by atoms with Gasteiger partial charge in [-0.05, 0) is 80.5 Å². The number of hydrogen-bond acceptors (Lipinski definition) is 5. The molecule has 0 spiro atoms. The summed E-state index contributed by atoms with van der Waals surface area (Å²) in [6.45, 7) is 8.30. The maximum Gasteiger partial charge on any atom is 0.312 e. The van der Waals surface area contributed by atoms with Crippen molar-refractivity contribution >= 4 is 11.9 Å². The van der Waals surface area contributed by atoms with Gasteiger partial charge in [0.05, 0.1) is 18.4 Å². The molecule has 4 unspecified atom stereocenters. The zero-order valence-corrected chi connectivity index (χ0v) is 23.4. The molecule has 0 radical (unpaired) electrons. The van der Waals surface area contributed by atoms with Gasteiger partial charge in [0, 0.05) is 5.41 Å². The minimum absolute atomic E-state index is 0.0406. The van der Waals surface area contributed by atoms with E-state index < -0.39 is 10.8 Å². The van der Waals surface area contributed by atoms with Crippen LogP contribution in [-0.4, -0.2) is 25.8 Å². The summed E-state index contributed by atoms with van der Waals surface area (Å²) in [7, 11) is 1.45. The van der Waals surface area contributed by atoms with E-state index in [-0.39, 0.29) is 24.6 Å². The van der Waals surface area contributed by atoms with Crippen LogP contribution in [0.1, 0.15) is 70.9 Å². The van der Waals surface area contributed by atoms with Crippen LogP contribution >= 0.6 is 0 Å². The molecule has 38 heavy (non-hydrogen) atoms. The van der Waals surface area contributed by atoms with E-state index in [0.29, 0.717) is 29.9 Å². The third kappa shape index (κ3) is 5.98. The van der Waals surface area contributed by atoms with Crippen LogP contribution < -0.4 is 4.74 Å². The van der Waals surface area contributed by atoms with E-state index in [2.05, 4.69) is 62.4 Å². The monoisotopic (exact) mass is 518 g/mol. The number of methoxy groups -OCH3 is 1. The van der Waals surface area contributed by atoms with Crippen molar-refractivity contribution in [1.29, 1.82) is 0 Å².